The molecule has 0 aliphatic rings. The molecule has 0 saturated heterocycles. The third-order valence-electron chi connectivity index (χ3n) is 3.86. The van der Waals surface area contributed by atoms with Gasteiger partial charge < -0.3 is 9.47 Å². The van der Waals surface area contributed by atoms with Gasteiger partial charge in [-0.1, -0.05) is 37.0 Å². The van der Waals surface area contributed by atoms with Crippen LogP contribution in [-0.2, 0) is 4.79 Å². The number of rotatable bonds is 7. The summed E-state index contributed by atoms with van der Waals surface area (Å²) in [5, 5.41) is 3.12. The molecule has 2 aromatic rings. The van der Waals surface area contributed by atoms with E-state index in [1.807, 2.05) is 13.8 Å². The number of carbonyl (C=O) groups is 2. The maximum Gasteiger partial charge on any atom is 0.279 e. The Balaban J connectivity index is 1.84. The second-order valence-electron chi connectivity index (χ2n) is 7.08. The molecule has 172 valence electrons. The molecular formula is C21H22BrCl2N3O4S. The van der Waals surface area contributed by atoms with Crippen LogP contribution in [0, 0.1) is 5.92 Å². The summed E-state index contributed by atoms with van der Waals surface area (Å²) in [5.41, 5.74) is 5.19. The van der Waals surface area contributed by atoms with Gasteiger partial charge in [0, 0.05) is 10.6 Å². The van der Waals surface area contributed by atoms with Crippen LogP contribution in [0.5, 0.6) is 11.5 Å². The summed E-state index contributed by atoms with van der Waals surface area (Å²) < 4.78 is 11.8. The van der Waals surface area contributed by atoms with Crippen molar-refractivity contribution in [2.75, 3.05) is 6.61 Å². The lowest BCUT2D eigenvalue weighted by Gasteiger charge is -2.17. The first-order valence-electron chi connectivity index (χ1n) is 9.52. The second kappa shape index (κ2) is 12.2. The largest absolute Gasteiger partial charge is 0.492 e. The van der Waals surface area contributed by atoms with Crippen molar-refractivity contribution in [3.8, 4) is 11.5 Å². The minimum absolute atomic E-state index is 0.0867. The van der Waals surface area contributed by atoms with Crippen LogP contribution < -0.4 is 25.6 Å². The van der Waals surface area contributed by atoms with E-state index in [1.54, 1.807) is 30.3 Å². The lowest BCUT2D eigenvalue weighted by Crippen LogP contribution is -2.51. The summed E-state index contributed by atoms with van der Waals surface area (Å²) in [6, 6.07) is 9.59. The minimum atomic E-state index is -0.894. The number of carbonyl (C=O) groups excluding carboxylic acids is 2. The Morgan fingerprint density at radius 3 is 2.38 bits per heavy atom. The van der Waals surface area contributed by atoms with E-state index in [0.717, 1.165) is 0 Å². The Bertz CT molecular complexity index is 1010. The first-order chi connectivity index (χ1) is 15.1. The van der Waals surface area contributed by atoms with Crippen LogP contribution >= 0.6 is 51.3 Å². The first-order valence-corrected chi connectivity index (χ1v) is 11.5. The molecule has 1 unspecified atom stereocenters. The summed E-state index contributed by atoms with van der Waals surface area (Å²) in [4.78, 5) is 24.6. The van der Waals surface area contributed by atoms with Crippen molar-refractivity contribution < 1.29 is 19.1 Å². The van der Waals surface area contributed by atoms with E-state index in [1.165, 1.54) is 13.0 Å². The molecule has 0 heterocycles. The zero-order valence-corrected chi connectivity index (χ0v) is 21.4. The van der Waals surface area contributed by atoms with Crippen molar-refractivity contribution in [2.24, 2.45) is 5.92 Å². The van der Waals surface area contributed by atoms with Gasteiger partial charge in [-0.15, -0.1) is 0 Å². The van der Waals surface area contributed by atoms with Crippen molar-refractivity contribution >= 4 is 68.3 Å². The molecule has 0 aliphatic heterocycles. The van der Waals surface area contributed by atoms with Crippen LogP contribution in [0.25, 0.3) is 0 Å². The molecule has 11 heteroatoms. The van der Waals surface area contributed by atoms with Gasteiger partial charge in [0.2, 0.25) is 0 Å². The highest BCUT2D eigenvalue weighted by Gasteiger charge is 2.17. The number of nitrogens with one attached hydrogen (secondary N) is 3. The monoisotopic (exact) mass is 561 g/mol. The van der Waals surface area contributed by atoms with E-state index in [2.05, 4.69) is 32.1 Å². The Hall–Kier alpha value is -2.07. The number of hydrogen-bond donors (Lipinski definition) is 3. The van der Waals surface area contributed by atoms with E-state index < -0.39 is 17.9 Å². The summed E-state index contributed by atoms with van der Waals surface area (Å²) >= 11 is 20.3. The third kappa shape index (κ3) is 8.12. The van der Waals surface area contributed by atoms with E-state index >= 15 is 0 Å². The molecule has 0 fully saturated rings. The Labute approximate surface area is 210 Å². The lowest BCUT2D eigenvalue weighted by molar-refractivity contribution is -0.127. The van der Waals surface area contributed by atoms with E-state index in [4.69, 9.17) is 44.9 Å². The maximum absolute atomic E-state index is 12.4. The number of benzene rings is 2. The normalized spacial score (nSPS) is 11.5. The van der Waals surface area contributed by atoms with Crippen LogP contribution in [-0.4, -0.2) is 29.6 Å². The van der Waals surface area contributed by atoms with Gasteiger partial charge in [-0.3, -0.25) is 25.8 Å². The molecule has 2 amide bonds. The molecular weight excluding hydrogens is 541 g/mol. The molecule has 3 N–H and O–H groups in total. The molecule has 0 saturated carbocycles. The van der Waals surface area contributed by atoms with Crippen molar-refractivity contribution in [3.63, 3.8) is 0 Å². The highest BCUT2D eigenvalue weighted by molar-refractivity contribution is 9.10. The highest BCUT2D eigenvalue weighted by Crippen LogP contribution is 2.28. The average molecular weight is 563 g/mol. The molecule has 0 bridgehead atoms. The number of hydrazine groups is 1. The van der Waals surface area contributed by atoms with Crippen molar-refractivity contribution in [3.05, 3.63) is 56.5 Å². The molecule has 0 aliphatic carbocycles. The molecule has 2 rings (SSSR count). The van der Waals surface area contributed by atoms with Crippen LogP contribution in [0.3, 0.4) is 0 Å². The van der Waals surface area contributed by atoms with Crippen molar-refractivity contribution in [2.45, 2.75) is 26.9 Å². The van der Waals surface area contributed by atoms with E-state index in [0.29, 0.717) is 39.1 Å². The standard InChI is InChI=1S/C21H22BrCl2N3O4S/c1-11(2)10-30-17-6-4-13(8-15(17)22)20(29)25-21(32)27-26-19(28)12(3)31-18-7-5-14(23)9-16(18)24/h4-9,11-12H,10H2,1-3H3,(H,26,28)(H2,25,27,29,32). The summed E-state index contributed by atoms with van der Waals surface area (Å²) in [5.74, 6) is 0.339. The van der Waals surface area contributed by atoms with E-state index in [-0.39, 0.29) is 10.1 Å². The van der Waals surface area contributed by atoms with Crippen LogP contribution in [0.4, 0.5) is 0 Å². The second-order valence-corrected chi connectivity index (χ2v) is 9.19. The molecule has 7 nitrogen and oxygen atoms in total. The fourth-order valence-corrected chi connectivity index (χ4v) is 3.35. The zero-order valence-electron chi connectivity index (χ0n) is 17.5. The van der Waals surface area contributed by atoms with Gasteiger partial charge in [0.25, 0.3) is 11.8 Å². The molecule has 0 spiro atoms. The third-order valence-corrected chi connectivity index (χ3v) is 5.21. The smallest absolute Gasteiger partial charge is 0.279 e. The van der Waals surface area contributed by atoms with Gasteiger partial charge >= 0.3 is 0 Å². The quantitative estimate of drug-likeness (QED) is 0.329. The number of amides is 2. The van der Waals surface area contributed by atoms with Crippen LogP contribution in [0.15, 0.2) is 40.9 Å². The topological polar surface area (TPSA) is 88.7 Å². The summed E-state index contributed by atoms with van der Waals surface area (Å²) in [6.07, 6.45) is -0.894. The number of halogens is 3. The predicted octanol–water partition coefficient (Wildman–Crippen LogP) is 4.89. The van der Waals surface area contributed by atoms with Gasteiger partial charge in [0.1, 0.15) is 11.5 Å². The van der Waals surface area contributed by atoms with Crippen LogP contribution in [0.2, 0.25) is 10.0 Å². The van der Waals surface area contributed by atoms with Gasteiger partial charge in [0.05, 0.1) is 16.1 Å². The first kappa shape index (κ1) is 26.2. The molecule has 0 aromatic heterocycles. The summed E-state index contributed by atoms with van der Waals surface area (Å²) in [7, 11) is 0. The molecule has 1 atom stereocenters. The van der Waals surface area contributed by atoms with Gasteiger partial charge in [0.15, 0.2) is 11.2 Å². The van der Waals surface area contributed by atoms with Crippen molar-refractivity contribution in [1.29, 1.82) is 0 Å². The van der Waals surface area contributed by atoms with Gasteiger partial charge in [-0.2, -0.15) is 0 Å². The molecule has 2 aromatic carbocycles. The number of thiocarbonyl (C=S) groups is 1. The molecule has 32 heavy (non-hydrogen) atoms. The molecule has 0 radical (unpaired) electrons. The lowest BCUT2D eigenvalue weighted by atomic mass is 10.2. The van der Waals surface area contributed by atoms with Crippen LogP contribution in [0.1, 0.15) is 31.1 Å². The Kier molecular flexibility index (Phi) is 10.0. The van der Waals surface area contributed by atoms with Gasteiger partial charge in [-0.05, 0) is 77.4 Å². The number of ether oxygens (including phenoxy) is 2. The Morgan fingerprint density at radius 1 is 1.06 bits per heavy atom. The summed E-state index contributed by atoms with van der Waals surface area (Å²) in [6.45, 7) is 6.18. The SMILES string of the molecule is CC(C)COc1ccc(C(=O)NC(=S)NNC(=O)C(C)Oc2ccc(Cl)cc2Cl)cc1Br. The fourth-order valence-electron chi connectivity index (χ4n) is 2.26. The minimum Gasteiger partial charge on any atom is -0.492 e. The zero-order chi connectivity index (χ0) is 23.8. The number of hydrogen-bond acceptors (Lipinski definition) is 5. The average Bonchev–Trinajstić information content (AvgIpc) is 2.72. The van der Waals surface area contributed by atoms with Gasteiger partial charge in [-0.25, -0.2) is 0 Å². The van der Waals surface area contributed by atoms with Crippen molar-refractivity contribution in [1.82, 2.24) is 16.2 Å². The Morgan fingerprint density at radius 2 is 1.75 bits per heavy atom. The van der Waals surface area contributed by atoms with E-state index in [9.17, 15) is 9.59 Å². The predicted molar refractivity (Wildman–Crippen MR) is 132 cm³/mol. The highest BCUT2D eigenvalue weighted by atomic mass is 79.9. The maximum atomic E-state index is 12.4. The fraction of sp³-hybridized carbons (Fsp3) is 0.286.